The molecule has 2 unspecified atom stereocenters. The molecule has 2 saturated heterocycles. The number of benzene rings is 2. The summed E-state index contributed by atoms with van der Waals surface area (Å²) in [4.78, 5) is 29.3. The Balaban J connectivity index is 1.05. The maximum absolute atomic E-state index is 15.3. The second-order valence-corrected chi connectivity index (χ2v) is 11.6. The first-order chi connectivity index (χ1) is 19.1. The molecule has 2 aliphatic heterocycles. The second kappa shape index (κ2) is 10.3. The van der Waals surface area contributed by atoms with Crippen molar-refractivity contribution in [2.24, 2.45) is 17.8 Å². The van der Waals surface area contributed by atoms with Crippen molar-refractivity contribution in [3.63, 3.8) is 0 Å². The quantitative estimate of drug-likeness (QED) is 0.337. The lowest BCUT2D eigenvalue weighted by atomic mass is 10.1. The van der Waals surface area contributed by atoms with Crippen LogP contribution in [0.1, 0.15) is 15.2 Å². The number of ether oxygens (including phenoxy) is 1. The maximum Gasteiger partial charge on any atom is 0.268 e. The van der Waals surface area contributed by atoms with Crippen LogP contribution in [-0.4, -0.2) is 66.7 Å². The maximum atomic E-state index is 15.3. The van der Waals surface area contributed by atoms with E-state index in [-0.39, 0.29) is 11.7 Å². The van der Waals surface area contributed by atoms with Gasteiger partial charge in [0, 0.05) is 57.3 Å². The van der Waals surface area contributed by atoms with Crippen LogP contribution in [0.5, 0.6) is 0 Å². The fourth-order valence-corrected chi connectivity index (χ4v) is 6.95. The first-order valence-corrected chi connectivity index (χ1v) is 14.4. The number of hydrogen-bond acceptors (Lipinski definition) is 7. The summed E-state index contributed by atoms with van der Waals surface area (Å²) in [5, 5.41) is 1.91. The Kier molecular flexibility index (Phi) is 6.50. The van der Waals surface area contributed by atoms with Crippen LogP contribution in [0, 0.1) is 23.6 Å². The Morgan fingerprint density at radius 3 is 2.56 bits per heavy atom. The van der Waals surface area contributed by atoms with Gasteiger partial charge in [0.25, 0.3) is 5.91 Å². The summed E-state index contributed by atoms with van der Waals surface area (Å²) in [6.45, 7) is 6.06. The molecule has 0 bridgehead atoms. The fraction of sp³-hybridized carbons (Fsp3) is 0.367. The van der Waals surface area contributed by atoms with E-state index in [1.807, 2.05) is 40.6 Å². The van der Waals surface area contributed by atoms with Gasteiger partial charge in [0.2, 0.25) is 0 Å². The van der Waals surface area contributed by atoms with Crippen molar-refractivity contribution in [1.29, 1.82) is 0 Å². The SMILES string of the molecule is O=C(c1cccs1)N(CC1C2CN(Cc3ccc4nccnc4c3)CC21)c1ccc(N2CCOCC2)c(F)c1. The van der Waals surface area contributed by atoms with Crippen LogP contribution in [0.25, 0.3) is 11.0 Å². The number of aromatic nitrogens is 2. The van der Waals surface area contributed by atoms with Gasteiger partial charge in [0.1, 0.15) is 5.82 Å². The number of halogens is 1. The second-order valence-electron chi connectivity index (χ2n) is 10.7. The van der Waals surface area contributed by atoms with E-state index in [0.29, 0.717) is 66.9 Å². The number of thiophene rings is 1. The van der Waals surface area contributed by atoms with E-state index in [9.17, 15) is 4.79 Å². The minimum atomic E-state index is -0.291. The molecule has 3 aliphatic rings. The highest BCUT2D eigenvalue weighted by Crippen LogP contribution is 2.52. The average molecular weight is 544 g/mol. The third-order valence-electron chi connectivity index (χ3n) is 8.35. The van der Waals surface area contributed by atoms with Gasteiger partial charge in [-0.15, -0.1) is 11.3 Å². The zero-order chi connectivity index (χ0) is 26.3. The molecule has 7 rings (SSSR count). The highest BCUT2D eigenvalue weighted by atomic mass is 32.1. The number of amides is 1. The molecule has 39 heavy (non-hydrogen) atoms. The summed E-state index contributed by atoms with van der Waals surface area (Å²) in [7, 11) is 0. The monoisotopic (exact) mass is 543 g/mol. The Hall–Kier alpha value is -3.40. The predicted octanol–water partition coefficient (Wildman–Crippen LogP) is 4.69. The topological polar surface area (TPSA) is 61.8 Å². The van der Waals surface area contributed by atoms with E-state index >= 15 is 4.39 Å². The smallest absolute Gasteiger partial charge is 0.268 e. The molecule has 2 aromatic carbocycles. The van der Waals surface area contributed by atoms with Crippen LogP contribution in [0.2, 0.25) is 0 Å². The number of rotatable bonds is 7. The summed E-state index contributed by atoms with van der Waals surface area (Å²) >= 11 is 1.43. The average Bonchev–Trinajstić information content (AvgIpc) is 3.34. The summed E-state index contributed by atoms with van der Waals surface area (Å²) in [6.07, 6.45) is 3.45. The van der Waals surface area contributed by atoms with E-state index in [4.69, 9.17) is 4.74 Å². The number of anilines is 2. The van der Waals surface area contributed by atoms with Crippen molar-refractivity contribution in [2.75, 3.05) is 55.7 Å². The van der Waals surface area contributed by atoms with Crippen LogP contribution in [0.15, 0.2) is 66.3 Å². The number of carbonyl (C=O) groups is 1. The Bertz CT molecular complexity index is 1480. The molecule has 4 heterocycles. The number of nitrogens with zero attached hydrogens (tertiary/aromatic N) is 5. The first-order valence-electron chi connectivity index (χ1n) is 13.5. The van der Waals surface area contributed by atoms with Gasteiger partial charge in [0.15, 0.2) is 0 Å². The van der Waals surface area contributed by atoms with Gasteiger partial charge >= 0.3 is 0 Å². The molecule has 0 spiro atoms. The van der Waals surface area contributed by atoms with Crippen LogP contribution < -0.4 is 9.80 Å². The number of piperidine rings is 1. The molecule has 2 atom stereocenters. The molecule has 0 radical (unpaired) electrons. The van der Waals surface area contributed by atoms with E-state index < -0.39 is 0 Å². The lowest BCUT2D eigenvalue weighted by molar-refractivity contribution is 0.0988. The Morgan fingerprint density at radius 2 is 1.82 bits per heavy atom. The molecule has 0 N–H and O–H groups in total. The van der Waals surface area contributed by atoms with Gasteiger partial charge in [-0.05, 0) is 65.1 Å². The molecular weight excluding hydrogens is 513 g/mol. The highest BCUT2D eigenvalue weighted by Gasteiger charge is 2.56. The number of hydrogen-bond donors (Lipinski definition) is 0. The molecule has 7 nitrogen and oxygen atoms in total. The zero-order valence-electron chi connectivity index (χ0n) is 21.6. The molecule has 4 aromatic rings. The largest absolute Gasteiger partial charge is 0.378 e. The van der Waals surface area contributed by atoms with Crippen molar-refractivity contribution in [3.05, 3.63) is 82.6 Å². The molecule has 1 saturated carbocycles. The van der Waals surface area contributed by atoms with Gasteiger partial charge < -0.3 is 14.5 Å². The van der Waals surface area contributed by atoms with Gasteiger partial charge in [-0.25, -0.2) is 4.39 Å². The van der Waals surface area contributed by atoms with Gasteiger partial charge in [-0.2, -0.15) is 0 Å². The summed E-state index contributed by atoms with van der Waals surface area (Å²) in [5.74, 6) is 1.19. The number of morpholine rings is 1. The lowest BCUT2D eigenvalue weighted by Crippen LogP contribution is -2.37. The summed E-state index contributed by atoms with van der Waals surface area (Å²) in [6, 6.07) is 15.3. The normalized spacial score (nSPS) is 22.7. The van der Waals surface area contributed by atoms with E-state index in [0.717, 1.165) is 30.7 Å². The van der Waals surface area contributed by atoms with Gasteiger partial charge in [-0.1, -0.05) is 12.1 Å². The Morgan fingerprint density at radius 1 is 1.03 bits per heavy atom. The fourth-order valence-electron chi connectivity index (χ4n) is 6.28. The highest BCUT2D eigenvalue weighted by molar-refractivity contribution is 7.12. The number of carbonyl (C=O) groups excluding carboxylic acids is 1. The van der Waals surface area contributed by atoms with Crippen molar-refractivity contribution in [2.45, 2.75) is 6.54 Å². The van der Waals surface area contributed by atoms with Crippen LogP contribution in [0.3, 0.4) is 0 Å². The van der Waals surface area contributed by atoms with Gasteiger partial charge in [0.05, 0.1) is 34.8 Å². The number of likely N-dealkylation sites (tertiary alicyclic amines) is 1. The molecule has 2 aromatic heterocycles. The first kappa shape index (κ1) is 24.6. The minimum absolute atomic E-state index is 0.0531. The summed E-state index contributed by atoms with van der Waals surface area (Å²) in [5.41, 5.74) is 4.28. The van der Waals surface area contributed by atoms with Crippen molar-refractivity contribution in [3.8, 4) is 0 Å². The molecule has 3 fully saturated rings. The van der Waals surface area contributed by atoms with E-state index in [2.05, 4.69) is 27.0 Å². The van der Waals surface area contributed by atoms with Gasteiger partial charge in [-0.3, -0.25) is 19.7 Å². The van der Waals surface area contributed by atoms with E-state index in [1.165, 1.54) is 23.0 Å². The lowest BCUT2D eigenvalue weighted by Gasteiger charge is -2.30. The van der Waals surface area contributed by atoms with E-state index in [1.54, 1.807) is 17.3 Å². The Labute approximate surface area is 230 Å². The minimum Gasteiger partial charge on any atom is -0.378 e. The van der Waals surface area contributed by atoms with Crippen molar-refractivity contribution < 1.29 is 13.9 Å². The van der Waals surface area contributed by atoms with Crippen LogP contribution in [-0.2, 0) is 11.3 Å². The predicted molar refractivity (Wildman–Crippen MR) is 151 cm³/mol. The number of fused-ring (bicyclic) bond motifs is 2. The third kappa shape index (κ3) is 4.90. The molecule has 1 amide bonds. The van der Waals surface area contributed by atoms with Crippen LogP contribution >= 0.6 is 11.3 Å². The van der Waals surface area contributed by atoms with Crippen molar-refractivity contribution in [1.82, 2.24) is 14.9 Å². The van der Waals surface area contributed by atoms with Crippen molar-refractivity contribution >= 4 is 39.7 Å². The zero-order valence-corrected chi connectivity index (χ0v) is 22.4. The molecule has 9 heteroatoms. The van der Waals surface area contributed by atoms with Crippen LogP contribution in [0.4, 0.5) is 15.8 Å². The molecule has 200 valence electrons. The standard InChI is InChI=1S/C30H30FN5O2S/c31-25-15-21(4-6-28(25)35-9-11-38-12-10-35)36(30(37)29-2-1-13-39-29)19-24-22-17-34(18-23(22)24)16-20-3-5-26-27(14-20)33-8-7-32-26/h1-8,13-15,22-24H,9-12,16-19H2. The third-order valence-corrected chi connectivity index (χ3v) is 9.21. The molecular formula is C30H30FN5O2S. The summed E-state index contributed by atoms with van der Waals surface area (Å²) < 4.78 is 20.7. The molecule has 1 aliphatic carbocycles.